The summed E-state index contributed by atoms with van der Waals surface area (Å²) in [6.07, 6.45) is 0. The molecule has 0 radical (unpaired) electrons. The molecule has 0 fully saturated rings. The Morgan fingerprint density at radius 1 is 1.41 bits per heavy atom. The Morgan fingerprint density at radius 2 is 2.12 bits per heavy atom. The van der Waals surface area contributed by atoms with Gasteiger partial charge in [-0.3, -0.25) is 4.79 Å². The summed E-state index contributed by atoms with van der Waals surface area (Å²) in [5.74, 6) is -0.357. The number of hydrogen-bond acceptors (Lipinski definition) is 2. The zero-order chi connectivity index (χ0) is 12.4. The predicted octanol–water partition coefficient (Wildman–Crippen LogP) is 1.99. The molecular weight excluding hydrogens is 284 g/mol. The molecule has 0 aliphatic carbocycles. The minimum Gasteiger partial charge on any atom is -0.618 e. The van der Waals surface area contributed by atoms with Crippen LogP contribution >= 0.6 is 15.9 Å². The van der Waals surface area contributed by atoms with E-state index in [1.165, 1.54) is 6.07 Å². The summed E-state index contributed by atoms with van der Waals surface area (Å²) in [7, 11) is 0. The summed E-state index contributed by atoms with van der Waals surface area (Å²) < 4.78 is 1.47. The van der Waals surface area contributed by atoms with Gasteiger partial charge in [0.05, 0.1) is 0 Å². The van der Waals surface area contributed by atoms with Crippen molar-refractivity contribution in [1.82, 2.24) is 5.32 Å². The van der Waals surface area contributed by atoms with Crippen molar-refractivity contribution in [2.24, 2.45) is 0 Å². The number of fused-ring (bicyclic) bond motifs is 1. The van der Waals surface area contributed by atoms with E-state index in [1.807, 2.05) is 19.1 Å². The average molecular weight is 295 g/mol. The zero-order valence-corrected chi connectivity index (χ0v) is 10.8. The van der Waals surface area contributed by atoms with Crippen LogP contribution in [0, 0.1) is 5.21 Å². The predicted molar refractivity (Wildman–Crippen MR) is 68.6 cm³/mol. The lowest BCUT2D eigenvalue weighted by molar-refractivity contribution is -0.579. The highest BCUT2D eigenvalue weighted by Gasteiger charge is 2.17. The number of nitrogens with one attached hydrogen (secondary N) is 1. The van der Waals surface area contributed by atoms with E-state index >= 15 is 0 Å². The van der Waals surface area contributed by atoms with Crippen molar-refractivity contribution in [3.63, 3.8) is 0 Å². The van der Waals surface area contributed by atoms with Gasteiger partial charge in [-0.05, 0) is 25.1 Å². The zero-order valence-electron chi connectivity index (χ0n) is 9.24. The molecule has 17 heavy (non-hydrogen) atoms. The Labute approximate surface area is 107 Å². The third-order valence-corrected chi connectivity index (χ3v) is 2.91. The van der Waals surface area contributed by atoms with E-state index in [1.54, 1.807) is 12.1 Å². The Kier molecular flexibility index (Phi) is 3.28. The molecule has 0 aliphatic heterocycles. The second-order valence-electron chi connectivity index (χ2n) is 3.58. The molecule has 0 spiro atoms. The van der Waals surface area contributed by atoms with Gasteiger partial charge in [0.1, 0.15) is 0 Å². The van der Waals surface area contributed by atoms with E-state index in [-0.39, 0.29) is 11.6 Å². The molecule has 1 heterocycles. The maximum atomic E-state index is 12.0. The van der Waals surface area contributed by atoms with Gasteiger partial charge in [0.2, 0.25) is 5.52 Å². The fourth-order valence-electron chi connectivity index (χ4n) is 1.62. The number of pyridine rings is 1. The van der Waals surface area contributed by atoms with Crippen molar-refractivity contribution in [3.05, 3.63) is 45.7 Å². The van der Waals surface area contributed by atoms with Crippen LogP contribution in [0.15, 0.2) is 34.8 Å². The third-order valence-electron chi connectivity index (χ3n) is 2.42. The number of carbonyl (C=O) groups is 1. The lowest BCUT2D eigenvalue weighted by Crippen LogP contribution is -2.40. The van der Waals surface area contributed by atoms with Crippen LogP contribution in [0.5, 0.6) is 0 Å². The van der Waals surface area contributed by atoms with E-state index in [2.05, 4.69) is 21.2 Å². The van der Waals surface area contributed by atoms with Crippen LogP contribution in [0.25, 0.3) is 10.9 Å². The summed E-state index contributed by atoms with van der Waals surface area (Å²) in [5, 5.41) is 15.4. The molecule has 0 saturated heterocycles. The first-order valence-electron chi connectivity index (χ1n) is 5.23. The van der Waals surface area contributed by atoms with Crippen LogP contribution in [0.1, 0.15) is 17.4 Å². The van der Waals surface area contributed by atoms with E-state index < -0.39 is 0 Å². The van der Waals surface area contributed by atoms with Crippen molar-refractivity contribution < 1.29 is 9.52 Å². The normalized spacial score (nSPS) is 10.5. The summed E-state index contributed by atoms with van der Waals surface area (Å²) in [6.45, 7) is 2.31. The summed E-state index contributed by atoms with van der Waals surface area (Å²) in [6, 6.07) is 8.68. The van der Waals surface area contributed by atoms with Crippen molar-refractivity contribution in [1.29, 1.82) is 0 Å². The van der Waals surface area contributed by atoms with Gasteiger partial charge in [-0.1, -0.05) is 15.9 Å². The van der Waals surface area contributed by atoms with Crippen LogP contribution in [0.3, 0.4) is 0 Å². The number of amides is 1. The molecule has 1 N–H and O–H groups in total. The first kappa shape index (κ1) is 11.9. The van der Waals surface area contributed by atoms with Crippen LogP contribution in [-0.4, -0.2) is 12.5 Å². The van der Waals surface area contributed by atoms with E-state index in [9.17, 15) is 10.0 Å². The van der Waals surface area contributed by atoms with Crippen molar-refractivity contribution >= 4 is 32.7 Å². The maximum Gasteiger partial charge on any atom is 0.317 e. The van der Waals surface area contributed by atoms with Crippen LogP contribution in [-0.2, 0) is 0 Å². The standard InChI is InChI=1S/C12H11BrN2O2/c1-2-14-12(16)10-6-4-8-3-5-9(13)7-11(8)15(10)17/h3-7H,2H2,1H3,(H,14,16). The topological polar surface area (TPSA) is 56.0 Å². The van der Waals surface area contributed by atoms with E-state index in [0.29, 0.717) is 16.8 Å². The van der Waals surface area contributed by atoms with Crippen LogP contribution in [0.4, 0.5) is 0 Å². The molecule has 0 atom stereocenters. The third kappa shape index (κ3) is 2.24. The summed E-state index contributed by atoms with van der Waals surface area (Å²) >= 11 is 3.31. The summed E-state index contributed by atoms with van der Waals surface area (Å²) in [5.41, 5.74) is 0.584. The monoisotopic (exact) mass is 294 g/mol. The molecule has 2 rings (SSSR count). The number of nitrogens with zero attached hydrogens (tertiary/aromatic N) is 1. The second kappa shape index (κ2) is 4.71. The molecular formula is C12H11BrN2O2. The van der Waals surface area contributed by atoms with Gasteiger partial charge in [0.15, 0.2) is 0 Å². The molecule has 5 heteroatoms. The van der Waals surface area contributed by atoms with Gasteiger partial charge in [0.25, 0.3) is 5.69 Å². The Bertz CT molecular complexity index is 584. The van der Waals surface area contributed by atoms with Gasteiger partial charge in [0, 0.05) is 28.5 Å². The average Bonchev–Trinajstić information content (AvgIpc) is 2.30. The fraction of sp³-hybridized carbons (Fsp3) is 0.167. The lowest BCUT2D eigenvalue weighted by atomic mass is 10.2. The van der Waals surface area contributed by atoms with Gasteiger partial charge in [-0.15, -0.1) is 0 Å². The molecule has 0 aliphatic rings. The molecule has 2 aromatic rings. The van der Waals surface area contributed by atoms with E-state index in [0.717, 1.165) is 9.86 Å². The minimum atomic E-state index is -0.357. The SMILES string of the molecule is CCNC(=O)c1ccc2ccc(Br)cc2[n+]1[O-]. The van der Waals surface area contributed by atoms with Crippen molar-refractivity contribution in [3.8, 4) is 0 Å². The lowest BCUT2D eigenvalue weighted by Gasteiger charge is -2.07. The number of rotatable bonds is 2. The number of halogens is 1. The molecule has 4 nitrogen and oxygen atoms in total. The molecule has 0 saturated carbocycles. The van der Waals surface area contributed by atoms with Gasteiger partial charge in [-0.2, -0.15) is 4.73 Å². The largest absolute Gasteiger partial charge is 0.618 e. The highest BCUT2D eigenvalue weighted by molar-refractivity contribution is 9.10. The van der Waals surface area contributed by atoms with Crippen LogP contribution < -0.4 is 10.0 Å². The van der Waals surface area contributed by atoms with E-state index in [4.69, 9.17) is 0 Å². The quantitative estimate of drug-likeness (QED) is 0.680. The number of aromatic nitrogens is 1. The first-order chi connectivity index (χ1) is 8.13. The smallest absolute Gasteiger partial charge is 0.317 e. The number of carbonyl (C=O) groups excluding carboxylic acids is 1. The molecule has 0 bridgehead atoms. The van der Waals surface area contributed by atoms with Crippen molar-refractivity contribution in [2.75, 3.05) is 6.54 Å². The maximum absolute atomic E-state index is 12.0. The first-order valence-corrected chi connectivity index (χ1v) is 6.03. The highest BCUT2D eigenvalue weighted by Crippen LogP contribution is 2.17. The molecule has 88 valence electrons. The van der Waals surface area contributed by atoms with Crippen LogP contribution in [0.2, 0.25) is 0 Å². The Hall–Kier alpha value is -1.62. The van der Waals surface area contributed by atoms with Gasteiger partial charge < -0.3 is 10.5 Å². The van der Waals surface area contributed by atoms with Gasteiger partial charge >= 0.3 is 5.91 Å². The fourth-order valence-corrected chi connectivity index (χ4v) is 1.97. The Balaban J connectivity index is 2.60. The number of hydrogen-bond donors (Lipinski definition) is 1. The molecule has 1 aromatic heterocycles. The minimum absolute atomic E-state index is 0.109. The van der Waals surface area contributed by atoms with Crippen molar-refractivity contribution in [2.45, 2.75) is 6.92 Å². The number of benzene rings is 1. The molecule has 1 amide bonds. The Morgan fingerprint density at radius 3 is 2.82 bits per heavy atom. The highest BCUT2D eigenvalue weighted by atomic mass is 79.9. The summed E-state index contributed by atoms with van der Waals surface area (Å²) in [4.78, 5) is 11.7. The molecule has 0 unspecified atom stereocenters. The second-order valence-corrected chi connectivity index (χ2v) is 4.49. The van der Waals surface area contributed by atoms with Gasteiger partial charge in [-0.25, -0.2) is 0 Å². The molecule has 1 aromatic carbocycles.